The summed E-state index contributed by atoms with van der Waals surface area (Å²) in [6, 6.07) is 15.9. The molecule has 0 radical (unpaired) electrons. The number of fused-ring (bicyclic) bond motifs is 3. The Morgan fingerprint density at radius 2 is 1.89 bits per heavy atom. The zero-order chi connectivity index (χ0) is 12.7. The summed E-state index contributed by atoms with van der Waals surface area (Å²) in [6.45, 7) is 1.71. The molecule has 1 aliphatic heterocycles. The molecule has 0 bridgehead atoms. The molecule has 0 aromatic heterocycles. The van der Waals surface area contributed by atoms with Crippen LogP contribution in [0.3, 0.4) is 0 Å². The topological polar surface area (TPSA) is 21.3 Å². The van der Waals surface area contributed by atoms with E-state index < -0.39 is 0 Å². The van der Waals surface area contributed by atoms with Crippen molar-refractivity contribution in [2.75, 3.05) is 18.5 Å². The minimum Gasteiger partial charge on any atom is -0.380 e. The molecule has 0 saturated carbocycles. The van der Waals surface area contributed by atoms with Crippen molar-refractivity contribution in [3.63, 3.8) is 0 Å². The summed E-state index contributed by atoms with van der Waals surface area (Å²) in [5.41, 5.74) is 6.89. The van der Waals surface area contributed by atoms with Crippen LogP contribution < -0.4 is 5.32 Å². The molecular weight excluding hydrogens is 234 g/mol. The first-order chi connectivity index (χ1) is 9.40. The Morgan fingerprint density at radius 1 is 1.00 bits per heavy atom. The zero-order valence-corrected chi connectivity index (χ0v) is 10.9. The lowest BCUT2D eigenvalue weighted by atomic mass is 10.1. The fraction of sp³-hybridized carbons (Fsp3) is 0.294. The fourth-order valence-electron chi connectivity index (χ4n) is 3.12. The van der Waals surface area contributed by atoms with Crippen LogP contribution in [0.1, 0.15) is 17.5 Å². The Balaban J connectivity index is 1.64. The van der Waals surface area contributed by atoms with Crippen LogP contribution in [0.5, 0.6) is 0 Å². The van der Waals surface area contributed by atoms with Crippen molar-refractivity contribution in [1.29, 1.82) is 0 Å². The van der Waals surface area contributed by atoms with Crippen LogP contribution >= 0.6 is 0 Å². The lowest BCUT2D eigenvalue weighted by Gasteiger charge is -2.13. The van der Waals surface area contributed by atoms with E-state index in [-0.39, 0.29) is 0 Å². The van der Waals surface area contributed by atoms with Crippen molar-refractivity contribution in [2.24, 2.45) is 0 Å². The van der Waals surface area contributed by atoms with E-state index in [4.69, 9.17) is 4.74 Å². The number of nitrogens with one attached hydrogen (secondary N) is 1. The number of rotatable bonds is 2. The van der Waals surface area contributed by atoms with Gasteiger partial charge in [0, 0.05) is 12.3 Å². The first-order valence-corrected chi connectivity index (χ1v) is 6.96. The molecule has 1 fully saturated rings. The Hall–Kier alpha value is -1.80. The number of hydrogen-bond donors (Lipinski definition) is 1. The van der Waals surface area contributed by atoms with Crippen LogP contribution in [0.25, 0.3) is 11.1 Å². The molecule has 96 valence electrons. The summed E-state index contributed by atoms with van der Waals surface area (Å²) in [6.07, 6.45) is 2.17. The summed E-state index contributed by atoms with van der Waals surface area (Å²) in [7, 11) is 0. The molecule has 1 unspecified atom stereocenters. The Morgan fingerprint density at radius 3 is 2.79 bits per heavy atom. The number of benzene rings is 2. The van der Waals surface area contributed by atoms with E-state index in [9.17, 15) is 0 Å². The van der Waals surface area contributed by atoms with Gasteiger partial charge >= 0.3 is 0 Å². The highest BCUT2D eigenvalue weighted by Crippen LogP contribution is 2.37. The molecule has 2 aromatic carbocycles. The fourth-order valence-corrected chi connectivity index (χ4v) is 3.12. The SMILES string of the molecule is c1ccc2c(c1)Cc1cc(NC3CCOC3)ccc1-2. The summed E-state index contributed by atoms with van der Waals surface area (Å²) < 4.78 is 5.41. The molecule has 19 heavy (non-hydrogen) atoms. The monoisotopic (exact) mass is 251 g/mol. The summed E-state index contributed by atoms with van der Waals surface area (Å²) in [5.74, 6) is 0. The van der Waals surface area contributed by atoms with Gasteiger partial charge in [-0.2, -0.15) is 0 Å². The van der Waals surface area contributed by atoms with Gasteiger partial charge in [0.05, 0.1) is 12.6 Å². The molecule has 2 heteroatoms. The van der Waals surface area contributed by atoms with Crippen LogP contribution in [0.2, 0.25) is 0 Å². The van der Waals surface area contributed by atoms with Gasteiger partial charge in [0.1, 0.15) is 0 Å². The first-order valence-electron chi connectivity index (χ1n) is 6.96. The summed E-state index contributed by atoms with van der Waals surface area (Å²) in [4.78, 5) is 0. The predicted molar refractivity (Wildman–Crippen MR) is 77.5 cm³/mol. The lowest BCUT2D eigenvalue weighted by Crippen LogP contribution is -2.18. The maximum absolute atomic E-state index is 5.41. The average molecular weight is 251 g/mol. The molecule has 1 atom stereocenters. The van der Waals surface area contributed by atoms with Gasteiger partial charge < -0.3 is 10.1 Å². The summed E-state index contributed by atoms with van der Waals surface area (Å²) >= 11 is 0. The molecule has 1 heterocycles. The maximum Gasteiger partial charge on any atom is 0.0668 e. The molecule has 2 nitrogen and oxygen atoms in total. The van der Waals surface area contributed by atoms with Crippen molar-refractivity contribution < 1.29 is 4.74 Å². The Kier molecular flexibility index (Phi) is 2.56. The van der Waals surface area contributed by atoms with Crippen molar-refractivity contribution in [1.82, 2.24) is 0 Å². The predicted octanol–water partition coefficient (Wildman–Crippen LogP) is 3.46. The molecular formula is C17H17NO. The van der Waals surface area contributed by atoms with E-state index in [1.165, 1.54) is 27.9 Å². The van der Waals surface area contributed by atoms with Gasteiger partial charge in [-0.25, -0.2) is 0 Å². The Bertz CT molecular complexity index is 614. The van der Waals surface area contributed by atoms with Gasteiger partial charge in [0.2, 0.25) is 0 Å². The second-order valence-corrected chi connectivity index (χ2v) is 5.41. The molecule has 1 saturated heterocycles. The highest BCUT2D eigenvalue weighted by Gasteiger charge is 2.19. The highest BCUT2D eigenvalue weighted by atomic mass is 16.5. The third kappa shape index (κ3) is 1.92. The number of anilines is 1. The van der Waals surface area contributed by atoms with Gasteiger partial charge in [-0.1, -0.05) is 30.3 Å². The molecule has 4 rings (SSSR count). The van der Waals surface area contributed by atoms with Crippen LogP contribution in [-0.2, 0) is 11.2 Å². The van der Waals surface area contributed by atoms with E-state index in [0.717, 1.165) is 26.1 Å². The molecule has 0 amide bonds. The van der Waals surface area contributed by atoms with Crippen LogP contribution in [-0.4, -0.2) is 19.3 Å². The van der Waals surface area contributed by atoms with Gasteiger partial charge in [0.25, 0.3) is 0 Å². The van der Waals surface area contributed by atoms with Gasteiger partial charge in [-0.3, -0.25) is 0 Å². The van der Waals surface area contributed by atoms with Gasteiger partial charge in [-0.15, -0.1) is 0 Å². The van der Waals surface area contributed by atoms with Gasteiger partial charge in [0.15, 0.2) is 0 Å². The van der Waals surface area contributed by atoms with Crippen molar-refractivity contribution in [3.05, 3.63) is 53.6 Å². The van der Waals surface area contributed by atoms with Crippen molar-refractivity contribution in [2.45, 2.75) is 18.9 Å². The quantitative estimate of drug-likeness (QED) is 0.753. The second kappa shape index (κ2) is 4.39. The number of ether oxygens (including phenoxy) is 1. The smallest absolute Gasteiger partial charge is 0.0668 e. The maximum atomic E-state index is 5.41. The largest absolute Gasteiger partial charge is 0.380 e. The van der Waals surface area contributed by atoms with E-state index in [1.54, 1.807) is 0 Å². The van der Waals surface area contributed by atoms with Gasteiger partial charge in [-0.05, 0) is 47.2 Å². The van der Waals surface area contributed by atoms with Crippen LogP contribution in [0, 0.1) is 0 Å². The van der Waals surface area contributed by atoms with Crippen LogP contribution in [0.15, 0.2) is 42.5 Å². The zero-order valence-electron chi connectivity index (χ0n) is 10.9. The van der Waals surface area contributed by atoms with Crippen molar-refractivity contribution in [3.8, 4) is 11.1 Å². The molecule has 0 spiro atoms. The average Bonchev–Trinajstić information content (AvgIpc) is 3.05. The standard InChI is InChI=1S/C17H17NO/c1-2-4-16-12(3-1)9-13-10-14(5-6-17(13)16)18-15-7-8-19-11-15/h1-6,10,15,18H,7-9,11H2. The highest BCUT2D eigenvalue weighted by molar-refractivity contribution is 5.78. The minimum atomic E-state index is 0.474. The minimum absolute atomic E-state index is 0.474. The normalized spacial score (nSPS) is 20.1. The Labute approximate surface area is 113 Å². The third-order valence-corrected chi connectivity index (χ3v) is 4.09. The van der Waals surface area contributed by atoms with E-state index in [1.807, 2.05) is 0 Å². The molecule has 2 aliphatic rings. The lowest BCUT2D eigenvalue weighted by molar-refractivity contribution is 0.195. The number of hydrogen-bond acceptors (Lipinski definition) is 2. The third-order valence-electron chi connectivity index (χ3n) is 4.09. The summed E-state index contributed by atoms with van der Waals surface area (Å²) in [5, 5.41) is 3.57. The van der Waals surface area contributed by atoms with Crippen LogP contribution in [0.4, 0.5) is 5.69 Å². The van der Waals surface area contributed by atoms with E-state index in [2.05, 4.69) is 47.8 Å². The van der Waals surface area contributed by atoms with Crippen molar-refractivity contribution >= 4 is 5.69 Å². The second-order valence-electron chi connectivity index (χ2n) is 5.41. The molecule has 2 aromatic rings. The molecule has 1 aliphatic carbocycles. The molecule has 1 N–H and O–H groups in total. The van der Waals surface area contributed by atoms with E-state index in [0.29, 0.717) is 6.04 Å². The first kappa shape index (κ1) is 11.1. The van der Waals surface area contributed by atoms with E-state index >= 15 is 0 Å².